The first kappa shape index (κ1) is 23.5. The summed E-state index contributed by atoms with van der Waals surface area (Å²) >= 11 is 1.07. The van der Waals surface area contributed by atoms with E-state index in [1.165, 1.54) is 17.1 Å². The molecule has 184 valence electrons. The zero-order valence-electron chi connectivity index (χ0n) is 19.5. The summed E-state index contributed by atoms with van der Waals surface area (Å²) in [4.78, 5) is 50.4. The quantitative estimate of drug-likeness (QED) is 0.509. The van der Waals surface area contributed by atoms with Crippen LogP contribution < -0.4 is 10.3 Å². The van der Waals surface area contributed by atoms with E-state index in [0.717, 1.165) is 31.0 Å². The van der Waals surface area contributed by atoms with E-state index in [0.29, 0.717) is 48.3 Å². The summed E-state index contributed by atoms with van der Waals surface area (Å²) in [7, 11) is 2.06. The number of hydrogen-bond donors (Lipinski definition) is 1. The van der Waals surface area contributed by atoms with Crippen LogP contribution in [0.4, 0.5) is 5.82 Å². The number of nitrogens with zero attached hydrogens (tertiary/aromatic N) is 6. The highest BCUT2D eigenvalue weighted by molar-refractivity contribution is 7.08. The first-order valence-corrected chi connectivity index (χ1v) is 12.2. The van der Waals surface area contributed by atoms with Crippen LogP contribution in [0.15, 0.2) is 23.4 Å². The fourth-order valence-electron chi connectivity index (χ4n) is 4.63. The summed E-state index contributed by atoms with van der Waals surface area (Å²) in [5.41, 5.74) is -0.00467. The van der Waals surface area contributed by atoms with Gasteiger partial charge in [-0.3, -0.25) is 14.2 Å². The molecule has 1 N–H and O–H groups in total. The second-order valence-corrected chi connectivity index (χ2v) is 9.89. The monoisotopic (exact) mass is 498 g/mol. The topological polar surface area (TPSA) is 131 Å². The number of aryl methyl sites for hydroxylation is 1. The lowest BCUT2D eigenvalue weighted by molar-refractivity contribution is -0.124. The molecule has 2 fully saturated rings. The molecule has 1 atom stereocenters. The molecule has 0 radical (unpaired) electrons. The molecule has 2 aliphatic heterocycles. The number of fused-ring (bicyclic) bond motifs is 1. The number of carboxylic acid groups (broad SMARTS) is 1. The minimum absolute atomic E-state index is 0.0612. The van der Waals surface area contributed by atoms with Crippen molar-refractivity contribution in [1.29, 1.82) is 0 Å². The molecule has 12 heteroatoms. The zero-order chi connectivity index (χ0) is 24.7. The molecule has 11 nitrogen and oxygen atoms in total. The average Bonchev–Trinajstić information content (AvgIpc) is 3.31. The minimum Gasteiger partial charge on any atom is -0.477 e. The van der Waals surface area contributed by atoms with Gasteiger partial charge < -0.3 is 19.6 Å². The lowest BCUT2D eigenvalue weighted by atomic mass is 9.91. The zero-order valence-corrected chi connectivity index (χ0v) is 20.3. The lowest BCUT2D eigenvalue weighted by Crippen LogP contribution is -2.51. The van der Waals surface area contributed by atoms with Crippen molar-refractivity contribution in [3.63, 3.8) is 0 Å². The van der Waals surface area contributed by atoms with E-state index in [1.54, 1.807) is 13.0 Å². The highest BCUT2D eigenvalue weighted by atomic mass is 32.1. The molecule has 3 aromatic heterocycles. The van der Waals surface area contributed by atoms with E-state index < -0.39 is 11.4 Å². The molecule has 0 aromatic carbocycles. The molecule has 35 heavy (non-hydrogen) atoms. The molecule has 1 unspecified atom stereocenters. The molecule has 3 aromatic rings. The van der Waals surface area contributed by atoms with Gasteiger partial charge in [0.05, 0.1) is 24.0 Å². The highest BCUT2D eigenvalue weighted by Crippen LogP contribution is 2.29. The first-order chi connectivity index (χ1) is 16.8. The molecule has 0 spiro atoms. The van der Waals surface area contributed by atoms with Crippen LogP contribution in [0.2, 0.25) is 0 Å². The summed E-state index contributed by atoms with van der Waals surface area (Å²) in [5, 5.41) is 10.2. The predicted molar refractivity (Wildman–Crippen MR) is 130 cm³/mol. The maximum atomic E-state index is 12.9. The molecule has 5 heterocycles. The van der Waals surface area contributed by atoms with Crippen molar-refractivity contribution in [3.05, 3.63) is 39.9 Å². The maximum absolute atomic E-state index is 12.9. The van der Waals surface area contributed by atoms with Crippen molar-refractivity contribution in [2.45, 2.75) is 25.9 Å². The molecule has 0 saturated carbocycles. The Bertz CT molecular complexity index is 1330. The van der Waals surface area contributed by atoms with Crippen molar-refractivity contribution in [2.24, 2.45) is 5.92 Å². The molecular weight excluding hydrogens is 472 g/mol. The van der Waals surface area contributed by atoms with E-state index in [4.69, 9.17) is 9.72 Å². The molecule has 0 aliphatic carbocycles. The van der Waals surface area contributed by atoms with Crippen LogP contribution in [0.25, 0.3) is 16.2 Å². The smallest absolute Gasteiger partial charge is 0.341 e. The van der Waals surface area contributed by atoms with Crippen LogP contribution in [0.5, 0.6) is 0 Å². The molecule has 0 amide bonds. The number of aromatic nitrogens is 4. The molecule has 2 saturated heterocycles. The van der Waals surface area contributed by atoms with Gasteiger partial charge in [0.2, 0.25) is 10.6 Å². The summed E-state index contributed by atoms with van der Waals surface area (Å²) in [6.07, 6.45) is 3.94. The third-order valence-electron chi connectivity index (χ3n) is 6.64. The number of anilines is 1. The Hall–Kier alpha value is -3.22. The Morgan fingerprint density at radius 3 is 2.77 bits per heavy atom. The Balaban J connectivity index is 1.36. The maximum Gasteiger partial charge on any atom is 0.341 e. The van der Waals surface area contributed by atoms with Gasteiger partial charge in [0, 0.05) is 50.3 Å². The van der Waals surface area contributed by atoms with E-state index >= 15 is 0 Å². The third kappa shape index (κ3) is 4.56. The number of carbonyl (C=O) groups is 2. The van der Waals surface area contributed by atoms with Gasteiger partial charge in [-0.25, -0.2) is 14.8 Å². The van der Waals surface area contributed by atoms with E-state index in [9.17, 15) is 19.5 Å². The number of ketones is 1. The molecule has 0 bridgehead atoms. The molecule has 5 rings (SSSR count). The fourth-order valence-corrected chi connectivity index (χ4v) is 5.14. The Morgan fingerprint density at radius 2 is 2.09 bits per heavy atom. The van der Waals surface area contributed by atoms with E-state index in [1.807, 2.05) is 4.90 Å². The van der Waals surface area contributed by atoms with Crippen molar-refractivity contribution in [1.82, 2.24) is 23.8 Å². The predicted octanol–water partition coefficient (Wildman–Crippen LogP) is 1.36. The number of pyridine rings is 2. The van der Waals surface area contributed by atoms with E-state index in [-0.39, 0.29) is 28.8 Å². The number of Topliss-reactive ketones (excluding diaryl/α,β-unsaturated/α-hetero) is 1. The number of hydrogen-bond acceptors (Lipinski definition) is 10. The van der Waals surface area contributed by atoms with Crippen molar-refractivity contribution >= 4 is 40.1 Å². The van der Waals surface area contributed by atoms with Gasteiger partial charge in [-0.1, -0.05) is 0 Å². The number of carbonyl (C=O) groups excluding carboxylic acids is 1. The fraction of sp³-hybridized carbons (Fsp3) is 0.478. The van der Waals surface area contributed by atoms with E-state index in [2.05, 4.69) is 21.3 Å². The highest BCUT2D eigenvalue weighted by Gasteiger charge is 2.34. The SMILES string of the molecule is Cc1cc(N2CC(C(=O)CCC3CN(C)CCO3)C2)nc2c1c(=O)c(C(=O)O)cn2-c1ncns1. The normalized spacial score (nSPS) is 19.1. The van der Waals surface area contributed by atoms with Crippen molar-refractivity contribution in [3.8, 4) is 5.13 Å². The number of rotatable bonds is 7. The Morgan fingerprint density at radius 1 is 1.29 bits per heavy atom. The number of carboxylic acids is 1. The number of morpholine rings is 1. The van der Waals surface area contributed by atoms with Crippen molar-refractivity contribution < 1.29 is 19.4 Å². The second kappa shape index (κ2) is 9.44. The van der Waals surface area contributed by atoms with Crippen LogP contribution >= 0.6 is 11.5 Å². The Kier molecular flexibility index (Phi) is 6.34. The molecular formula is C23H26N6O5S. The number of aromatic carboxylic acids is 1. The van der Waals surface area contributed by atoms with Gasteiger partial charge in [0.1, 0.15) is 23.5 Å². The minimum atomic E-state index is -1.31. The largest absolute Gasteiger partial charge is 0.477 e. The number of likely N-dealkylation sites (N-methyl/N-ethyl adjacent to an activating group) is 1. The van der Waals surface area contributed by atoms with Gasteiger partial charge in [-0.05, 0) is 32.0 Å². The first-order valence-electron chi connectivity index (χ1n) is 11.5. The average molecular weight is 499 g/mol. The van der Waals surface area contributed by atoms with Crippen LogP contribution in [-0.2, 0) is 9.53 Å². The van der Waals surface area contributed by atoms with Gasteiger partial charge in [0.25, 0.3) is 0 Å². The summed E-state index contributed by atoms with van der Waals surface area (Å²) in [5.74, 6) is -0.508. The lowest BCUT2D eigenvalue weighted by Gasteiger charge is -2.39. The standard InChI is InChI=1S/C23H26N6O5S/c1-13-7-18(28-8-14(9-28)17(30)4-3-15-10-27(2)5-6-34-15)26-21-19(13)20(31)16(22(32)33)11-29(21)23-24-12-25-35-23/h7,11-12,14-15H,3-6,8-10H2,1-2H3,(H,32,33). The number of ether oxygens (including phenoxy) is 1. The van der Waals surface area contributed by atoms with Gasteiger partial charge in [0.15, 0.2) is 5.65 Å². The summed E-state index contributed by atoms with van der Waals surface area (Å²) in [6, 6.07) is 1.77. The Labute approximate surface area is 205 Å². The van der Waals surface area contributed by atoms with Crippen LogP contribution in [0, 0.1) is 12.8 Å². The van der Waals surface area contributed by atoms with Crippen molar-refractivity contribution in [2.75, 3.05) is 44.7 Å². The van der Waals surface area contributed by atoms with Gasteiger partial charge in [-0.2, -0.15) is 4.37 Å². The summed E-state index contributed by atoms with van der Waals surface area (Å²) < 4.78 is 11.3. The second-order valence-electron chi connectivity index (χ2n) is 9.13. The third-order valence-corrected chi connectivity index (χ3v) is 7.31. The van der Waals surface area contributed by atoms with Gasteiger partial charge in [-0.15, -0.1) is 0 Å². The van der Waals surface area contributed by atoms with Crippen LogP contribution in [0.3, 0.4) is 0 Å². The van der Waals surface area contributed by atoms with Crippen LogP contribution in [-0.4, -0.2) is 86.6 Å². The summed E-state index contributed by atoms with van der Waals surface area (Å²) in [6.45, 7) is 5.34. The molecule has 2 aliphatic rings. The van der Waals surface area contributed by atoms with Crippen LogP contribution in [0.1, 0.15) is 28.8 Å². The van der Waals surface area contributed by atoms with Gasteiger partial charge >= 0.3 is 5.97 Å².